The van der Waals surface area contributed by atoms with E-state index in [1.54, 1.807) is 0 Å². The van der Waals surface area contributed by atoms with Gasteiger partial charge < -0.3 is 18.8 Å². The number of furan rings is 1. The zero-order valence-electron chi connectivity index (χ0n) is 62.7. The SMILES string of the molecule is c1ccc(-c2cc(-c3ccccc3)c(N3c4ccccc4B4c5ccc(-c6c7ccccc7c(-c7ccccc7)c7ccccc67)cc5N(c5c(-c6ccccc6)cc(-c6ccccc6)cc5-c5ccccc5)c5cc(-n6c7ccccc7c7ccccc76)cc3c54)c(-c3cccc(-c4cccc5c4oc4ccccc45)c3)c2)cc1. The van der Waals surface area contributed by atoms with Gasteiger partial charge in [0.15, 0.2) is 0 Å². The summed E-state index contributed by atoms with van der Waals surface area (Å²) >= 11 is 0. The van der Waals surface area contributed by atoms with E-state index in [-0.39, 0.29) is 6.71 Å². The molecule has 0 bridgehead atoms. The van der Waals surface area contributed by atoms with Gasteiger partial charge in [0.2, 0.25) is 0 Å². The maximum Gasteiger partial charge on any atom is 0.252 e. The molecule has 0 aliphatic carbocycles. The monoisotopic (exact) mass is 1460 g/mol. The molecule has 115 heavy (non-hydrogen) atoms. The molecule has 534 valence electrons. The van der Waals surface area contributed by atoms with Crippen molar-refractivity contribution in [3.63, 3.8) is 0 Å². The Labute approximate surface area is 667 Å². The van der Waals surface area contributed by atoms with E-state index in [2.05, 4.69) is 439 Å². The number of anilines is 6. The van der Waals surface area contributed by atoms with Crippen molar-refractivity contribution in [1.82, 2.24) is 4.57 Å². The molecule has 4 nitrogen and oxygen atoms in total. The number of hydrogen-bond acceptors (Lipinski definition) is 3. The van der Waals surface area contributed by atoms with Crippen molar-refractivity contribution < 1.29 is 4.42 Å². The molecule has 4 heterocycles. The second kappa shape index (κ2) is 26.9. The Kier molecular flexibility index (Phi) is 15.4. The molecule has 5 heteroatoms. The van der Waals surface area contributed by atoms with E-state index in [0.29, 0.717) is 0 Å². The normalized spacial score (nSPS) is 12.3. The molecule has 0 fully saturated rings. The first-order valence-electron chi connectivity index (χ1n) is 39.7. The second-order valence-corrected chi connectivity index (χ2v) is 30.4. The summed E-state index contributed by atoms with van der Waals surface area (Å²) in [6.07, 6.45) is 0. The molecule has 0 saturated carbocycles. The number of aromatic nitrogens is 1. The molecule has 2 aromatic heterocycles. The van der Waals surface area contributed by atoms with Gasteiger partial charge >= 0.3 is 0 Å². The quantitative estimate of drug-likeness (QED) is 0.0900. The Balaban J connectivity index is 0.887. The van der Waals surface area contributed by atoms with Crippen LogP contribution in [-0.2, 0) is 0 Å². The average molecular weight is 1460 g/mol. The van der Waals surface area contributed by atoms with E-state index in [1.165, 1.54) is 65.4 Å². The van der Waals surface area contributed by atoms with E-state index in [1.807, 2.05) is 0 Å². The summed E-state index contributed by atoms with van der Waals surface area (Å²) in [4.78, 5) is 5.40. The van der Waals surface area contributed by atoms with Gasteiger partial charge in [-0.1, -0.05) is 352 Å². The minimum absolute atomic E-state index is 0.289. The predicted octanol–water partition coefficient (Wildman–Crippen LogP) is 28.1. The van der Waals surface area contributed by atoms with Crippen molar-refractivity contribution in [3.8, 4) is 106 Å². The maximum atomic E-state index is 6.89. The van der Waals surface area contributed by atoms with Gasteiger partial charge in [0, 0.05) is 72.1 Å². The zero-order chi connectivity index (χ0) is 75.6. The highest BCUT2D eigenvalue weighted by Crippen LogP contribution is 2.57. The van der Waals surface area contributed by atoms with Crippen LogP contribution in [0.1, 0.15) is 0 Å². The number of hydrogen-bond donors (Lipinski definition) is 0. The maximum absolute atomic E-state index is 6.89. The Hall–Kier alpha value is -15.0. The first-order chi connectivity index (χ1) is 57.1. The number of benzene rings is 19. The molecule has 0 unspecified atom stereocenters. The highest BCUT2D eigenvalue weighted by atomic mass is 16.3. The Morgan fingerprint density at radius 3 is 1.10 bits per heavy atom. The van der Waals surface area contributed by atoms with Crippen LogP contribution < -0.4 is 26.2 Å². The Bertz CT molecular complexity index is 7290. The lowest BCUT2D eigenvalue weighted by atomic mass is 9.33. The van der Waals surface area contributed by atoms with Gasteiger partial charge in [-0.25, -0.2) is 0 Å². The van der Waals surface area contributed by atoms with E-state index < -0.39 is 0 Å². The molecule has 0 saturated heterocycles. The highest BCUT2D eigenvalue weighted by molar-refractivity contribution is 7.00. The highest BCUT2D eigenvalue weighted by Gasteiger charge is 2.46. The summed E-state index contributed by atoms with van der Waals surface area (Å²) in [5, 5.41) is 9.37. The van der Waals surface area contributed by atoms with Gasteiger partial charge in [-0.15, -0.1) is 0 Å². The number of para-hydroxylation sites is 5. The van der Waals surface area contributed by atoms with Crippen molar-refractivity contribution in [2.24, 2.45) is 0 Å². The molecule has 21 aromatic rings. The van der Waals surface area contributed by atoms with Crippen LogP contribution in [0.3, 0.4) is 0 Å². The summed E-state index contributed by atoms with van der Waals surface area (Å²) in [6, 6.07) is 158. The summed E-state index contributed by atoms with van der Waals surface area (Å²) < 4.78 is 9.43. The van der Waals surface area contributed by atoms with Crippen LogP contribution >= 0.6 is 0 Å². The zero-order valence-corrected chi connectivity index (χ0v) is 62.7. The van der Waals surface area contributed by atoms with Crippen LogP contribution in [0, 0.1) is 0 Å². The molecule has 2 aliphatic rings. The van der Waals surface area contributed by atoms with Crippen LogP contribution in [0.5, 0.6) is 0 Å². The van der Waals surface area contributed by atoms with Crippen LogP contribution in [0.15, 0.2) is 429 Å². The van der Waals surface area contributed by atoms with Gasteiger partial charge in [0.25, 0.3) is 6.71 Å². The number of nitrogens with zero attached hydrogens (tertiary/aromatic N) is 3. The molecule has 0 spiro atoms. The molecular weight excluding hydrogens is 1390 g/mol. The van der Waals surface area contributed by atoms with Gasteiger partial charge in [-0.05, 0) is 183 Å². The van der Waals surface area contributed by atoms with Crippen LogP contribution in [0.2, 0.25) is 0 Å². The third kappa shape index (κ3) is 10.6. The lowest BCUT2D eigenvalue weighted by molar-refractivity contribution is 0.670. The fourth-order valence-corrected chi connectivity index (χ4v) is 19.2. The van der Waals surface area contributed by atoms with Gasteiger partial charge in [-0.2, -0.15) is 0 Å². The van der Waals surface area contributed by atoms with Gasteiger partial charge in [-0.3, -0.25) is 0 Å². The molecule has 0 radical (unpaired) electrons. The minimum atomic E-state index is -0.289. The van der Waals surface area contributed by atoms with E-state index in [0.717, 1.165) is 156 Å². The minimum Gasteiger partial charge on any atom is -0.455 e. The molecule has 0 amide bonds. The number of fused-ring (bicyclic) bond motifs is 12. The second-order valence-electron chi connectivity index (χ2n) is 30.4. The first kappa shape index (κ1) is 65.8. The van der Waals surface area contributed by atoms with Crippen LogP contribution in [0.4, 0.5) is 34.1 Å². The molecule has 0 N–H and O–H groups in total. The molecule has 23 rings (SSSR count). The lowest BCUT2D eigenvalue weighted by Gasteiger charge is -2.46. The fourth-order valence-electron chi connectivity index (χ4n) is 19.2. The number of rotatable bonds is 12. The van der Waals surface area contributed by atoms with E-state index >= 15 is 0 Å². The van der Waals surface area contributed by atoms with Crippen molar-refractivity contribution >= 4 is 123 Å². The smallest absolute Gasteiger partial charge is 0.252 e. The van der Waals surface area contributed by atoms with Gasteiger partial charge in [0.05, 0.1) is 28.1 Å². The van der Waals surface area contributed by atoms with Crippen molar-refractivity contribution in [2.75, 3.05) is 9.80 Å². The summed E-state index contributed by atoms with van der Waals surface area (Å²) in [7, 11) is 0. The molecule has 0 atom stereocenters. The molecule has 19 aromatic carbocycles. The largest absolute Gasteiger partial charge is 0.455 e. The lowest BCUT2D eigenvalue weighted by Crippen LogP contribution is -2.61. The van der Waals surface area contributed by atoms with Crippen LogP contribution in [-0.4, -0.2) is 11.3 Å². The summed E-state index contributed by atoms with van der Waals surface area (Å²) in [5.41, 5.74) is 35.2. The van der Waals surface area contributed by atoms with Gasteiger partial charge in [0.1, 0.15) is 11.2 Å². The van der Waals surface area contributed by atoms with E-state index in [4.69, 9.17) is 4.42 Å². The standard InChI is InChI=1S/C110H70BN3O/c1-7-33-71(34-8-1)80-64-92(73-37-11-3-12-38-73)108(93(65-80)74-39-13-4-14-40-74)114-101-68-79(106-89-52-21-19-50-87(89)105(76-43-17-6-18-44-76)88-51-20-22-53-90(88)106)61-62-97(101)111-96-56-26-29-59-100(96)113(102-69-82(70-103(114)107(102)111)112-98-57-27-23-47-84(98)85-48-24-28-58-99(85)112)109-94(75-41-15-5-16-42-75)66-81(72-35-9-2-10-36-72)67-95(109)78-46-31-45-77(63-78)83-54-32-55-91-86-49-25-30-60-104(86)115-110(83)91/h1-70H. The third-order valence-corrected chi connectivity index (χ3v) is 24.1. The van der Waals surface area contributed by atoms with Crippen LogP contribution in [0.25, 0.3) is 171 Å². The third-order valence-electron chi connectivity index (χ3n) is 24.1. The van der Waals surface area contributed by atoms with Crippen molar-refractivity contribution in [3.05, 3.63) is 425 Å². The molecule has 2 aliphatic heterocycles. The molecular formula is C110H70BN3O. The predicted molar refractivity (Wildman–Crippen MR) is 486 cm³/mol. The Morgan fingerprint density at radius 2 is 0.583 bits per heavy atom. The first-order valence-corrected chi connectivity index (χ1v) is 39.7. The summed E-state index contributed by atoms with van der Waals surface area (Å²) in [5.74, 6) is 0. The fraction of sp³-hybridized carbons (Fsp3) is 0. The van der Waals surface area contributed by atoms with Crippen molar-refractivity contribution in [2.45, 2.75) is 0 Å². The van der Waals surface area contributed by atoms with E-state index in [9.17, 15) is 0 Å². The summed E-state index contributed by atoms with van der Waals surface area (Å²) in [6.45, 7) is -0.289. The van der Waals surface area contributed by atoms with Crippen molar-refractivity contribution in [1.29, 1.82) is 0 Å². The average Bonchev–Trinajstić information content (AvgIpc) is 1.06. The Morgan fingerprint density at radius 1 is 0.209 bits per heavy atom. The topological polar surface area (TPSA) is 24.6 Å².